The van der Waals surface area contributed by atoms with E-state index in [-0.39, 0.29) is 18.1 Å². The predicted octanol–water partition coefficient (Wildman–Crippen LogP) is 1.49. The van der Waals surface area contributed by atoms with Crippen LogP contribution in [0.3, 0.4) is 0 Å². The number of nitrogens with zero attached hydrogens (tertiary/aromatic N) is 1. The van der Waals surface area contributed by atoms with Gasteiger partial charge in [0.05, 0.1) is 6.10 Å². The zero-order valence-electron chi connectivity index (χ0n) is 11.6. The molecule has 2 rings (SSSR count). The number of aliphatic carboxylic acids is 1. The fraction of sp³-hybridized carbons (Fsp3) is 0.846. The molecule has 1 N–H and O–H groups in total. The molecule has 6 heteroatoms. The van der Waals surface area contributed by atoms with E-state index in [1.165, 1.54) is 0 Å². The van der Waals surface area contributed by atoms with Gasteiger partial charge < -0.3 is 19.5 Å². The van der Waals surface area contributed by atoms with Crippen molar-refractivity contribution in [2.45, 2.75) is 51.4 Å². The van der Waals surface area contributed by atoms with E-state index in [0.717, 1.165) is 0 Å². The Labute approximate surface area is 112 Å². The quantitative estimate of drug-likeness (QED) is 0.782. The van der Waals surface area contributed by atoms with Crippen LogP contribution in [-0.2, 0) is 14.3 Å². The van der Waals surface area contributed by atoms with Gasteiger partial charge in [-0.1, -0.05) is 0 Å². The predicted molar refractivity (Wildman–Crippen MR) is 66.8 cm³/mol. The molecule has 6 nitrogen and oxygen atoms in total. The normalized spacial score (nSPS) is 30.9. The lowest BCUT2D eigenvalue weighted by Crippen LogP contribution is -2.46. The number of rotatable bonds is 1. The lowest BCUT2D eigenvalue weighted by molar-refractivity contribution is -0.149. The number of carbonyl (C=O) groups excluding carboxylic acids is 1. The number of piperidine rings is 1. The first-order valence-corrected chi connectivity index (χ1v) is 6.62. The highest BCUT2D eigenvalue weighted by atomic mass is 16.6. The Morgan fingerprint density at radius 2 is 2.05 bits per heavy atom. The van der Waals surface area contributed by atoms with Crippen LogP contribution in [0.1, 0.15) is 33.6 Å². The van der Waals surface area contributed by atoms with Gasteiger partial charge in [-0.2, -0.15) is 0 Å². The molecule has 3 atom stereocenters. The van der Waals surface area contributed by atoms with Gasteiger partial charge in [-0.15, -0.1) is 0 Å². The lowest BCUT2D eigenvalue weighted by atomic mass is 9.93. The van der Waals surface area contributed by atoms with Crippen LogP contribution in [-0.4, -0.2) is 53.0 Å². The standard InChI is InChI=1S/C13H21NO5/c1-13(2,3)19-12(17)14-5-4-9-8(7-14)6-10(18-9)11(15)16/h8-10H,4-7H2,1-3H3,(H,15,16). The molecule has 2 aliphatic heterocycles. The highest BCUT2D eigenvalue weighted by Gasteiger charge is 2.43. The summed E-state index contributed by atoms with van der Waals surface area (Å²) < 4.78 is 10.8. The molecule has 0 aromatic heterocycles. The third kappa shape index (κ3) is 3.37. The van der Waals surface area contributed by atoms with Crippen molar-refractivity contribution in [2.75, 3.05) is 13.1 Å². The topological polar surface area (TPSA) is 76.1 Å². The number of carboxylic acids is 1. The van der Waals surface area contributed by atoms with Crippen LogP contribution in [0.4, 0.5) is 4.79 Å². The number of carboxylic acid groups (broad SMARTS) is 1. The number of carbonyl (C=O) groups is 2. The Kier molecular flexibility index (Phi) is 3.71. The largest absolute Gasteiger partial charge is 0.479 e. The lowest BCUT2D eigenvalue weighted by Gasteiger charge is -2.35. The molecule has 0 aromatic carbocycles. The first kappa shape index (κ1) is 14.1. The summed E-state index contributed by atoms with van der Waals surface area (Å²) in [6.45, 7) is 6.57. The number of hydrogen-bond acceptors (Lipinski definition) is 4. The van der Waals surface area contributed by atoms with Crippen molar-refractivity contribution in [1.29, 1.82) is 0 Å². The van der Waals surface area contributed by atoms with Crippen LogP contribution in [0.25, 0.3) is 0 Å². The van der Waals surface area contributed by atoms with E-state index in [0.29, 0.717) is 25.9 Å². The summed E-state index contributed by atoms with van der Waals surface area (Å²) in [5.41, 5.74) is -0.510. The number of likely N-dealkylation sites (tertiary alicyclic amines) is 1. The molecule has 1 amide bonds. The van der Waals surface area contributed by atoms with Gasteiger partial charge in [0.2, 0.25) is 0 Å². The molecule has 3 unspecified atom stereocenters. The Morgan fingerprint density at radius 1 is 1.37 bits per heavy atom. The second-order valence-electron chi connectivity index (χ2n) is 6.21. The zero-order valence-corrected chi connectivity index (χ0v) is 11.6. The van der Waals surface area contributed by atoms with Crippen molar-refractivity contribution in [2.24, 2.45) is 5.92 Å². The molecule has 0 aromatic rings. The van der Waals surface area contributed by atoms with Crippen molar-refractivity contribution in [3.63, 3.8) is 0 Å². The van der Waals surface area contributed by atoms with Gasteiger partial charge in [0.15, 0.2) is 6.10 Å². The molecule has 2 fully saturated rings. The zero-order chi connectivity index (χ0) is 14.2. The Bertz CT molecular complexity index is 376. The van der Waals surface area contributed by atoms with Crippen LogP contribution >= 0.6 is 0 Å². The molecule has 2 saturated heterocycles. The molecule has 0 spiro atoms. The maximum absolute atomic E-state index is 12.0. The molecule has 0 aliphatic carbocycles. The fourth-order valence-corrected chi connectivity index (χ4v) is 2.61. The highest BCUT2D eigenvalue weighted by molar-refractivity contribution is 5.73. The first-order chi connectivity index (χ1) is 8.76. The van der Waals surface area contributed by atoms with Crippen LogP contribution in [0.5, 0.6) is 0 Å². The van der Waals surface area contributed by atoms with Gasteiger partial charge in [0.1, 0.15) is 5.60 Å². The molecular weight excluding hydrogens is 250 g/mol. The molecular formula is C13H21NO5. The van der Waals surface area contributed by atoms with Gasteiger partial charge >= 0.3 is 12.1 Å². The van der Waals surface area contributed by atoms with E-state index < -0.39 is 17.7 Å². The maximum Gasteiger partial charge on any atom is 0.410 e. The van der Waals surface area contributed by atoms with E-state index in [1.54, 1.807) is 4.90 Å². The van der Waals surface area contributed by atoms with Gasteiger partial charge in [-0.25, -0.2) is 9.59 Å². The second-order valence-corrected chi connectivity index (χ2v) is 6.21. The number of ether oxygens (including phenoxy) is 2. The van der Waals surface area contributed by atoms with Crippen LogP contribution < -0.4 is 0 Å². The fourth-order valence-electron chi connectivity index (χ4n) is 2.61. The van der Waals surface area contributed by atoms with E-state index in [2.05, 4.69) is 0 Å². The molecule has 0 radical (unpaired) electrons. The minimum absolute atomic E-state index is 0.0419. The van der Waals surface area contributed by atoms with Gasteiger partial charge in [-0.3, -0.25) is 0 Å². The maximum atomic E-state index is 12.0. The number of amides is 1. The number of hydrogen-bond donors (Lipinski definition) is 1. The summed E-state index contributed by atoms with van der Waals surface area (Å²) in [5.74, 6) is -0.819. The smallest absolute Gasteiger partial charge is 0.410 e. The SMILES string of the molecule is CC(C)(C)OC(=O)N1CCC2OC(C(=O)O)CC2C1. The van der Waals surface area contributed by atoms with Crippen LogP contribution in [0.15, 0.2) is 0 Å². The van der Waals surface area contributed by atoms with E-state index in [9.17, 15) is 9.59 Å². The molecule has 19 heavy (non-hydrogen) atoms. The van der Waals surface area contributed by atoms with E-state index in [1.807, 2.05) is 20.8 Å². The minimum atomic E-state index is -0.918. The third-order valence-corrected chi connectivity index (χ3v) is 3.45. The average Bonchev–Trinajstić information content (AvgIpc) is 2.69. The molecule has 2 heterocycles. The summed E-state index contributed by atoms with van der Waals surface area (Å²) in [6, 6.07) is 0. The summed E-state index contributed by atoms with van der Waals surface area (Å²) in [7, 11) is 0. The number of fused-ring (bicyclic) bond motifs is 1. The van der Waals surface area contributed by atoms with Crippen LogP contribution in [0.2, 0.25) is 0 Å². The van der Waals surface area contributed by atoms with Crippen molar-refractivity contribution in [3.8, 4) is 0 Å². The minimum Gasteiger partial charge on any atom is -0.479 e. The summed E-state index contributed by atoms with van der Waals surface area (Å²) in [6.07, 6.45) is 0.0468. The van der Waals surface area contributed by atoms with Crippen LogP contribution in [0, 0.1) is 5.92 Å². The Morgan fingerprint density at radius 3 is 2.63 bits per heavy atom. The molecule has 0 saturated carbocycles. The molecule has 0 bridgehead atoms. The second kappa shape index (κ2) is 5.00. The summed E-state index contributed by atoms with van der Waals surface area (Å²) in [5, 5.41) is 8.96. The van der Waals surface area contributed by atoms with Gasteiger partial charge in [0.25, 0.3) is 0 Å². The van der Waals surface area contributed by atoms with Crippen molar-refractivity contribution in [1.82, 2.24) is 4.90 Å². The Hall–Kier alpha value is -1.30. The van der Waals surface area contributed by atoms with Gasteiger partial charge in [0, 0.05) is 19.0 Å². The molecule has 108 valence electrons. The Balaban J connectivity index is 1.92. The summed E-state index contributed by atoms with van der Waals surface area (Å²) >= 11 is 0. The monoisotopic (exact) mass is 271 g/mol. The highest BCUT2D eigenvalue weighted by Crippen LogP contribution is 2.33. The van der Waals surface area contributed by atoms with E-state index in [4.69, 9.17) is 14.6 Å². The van der Waals surface area contributed by atoms with Crippen molar-refractivity contribution >= 4 is 12.1 Å². The molecule has 2 aliphatic rings. The average molecular weight is 271 g/mol. The van der Waals surface area contributed by atoms with Gasteiger partial charge in [-0.05, 0) is 33.6 Å². The van der Waals surface area contributed by atoms with E-state index >= 15 is 0 Å². The third-order valence-electron chi connectivity index (χ3n) is 3.45. The summed E-state index contributed by atoms with van der Waals surface area (Å²) in [4.78, 5) is 24.5. The van der Waals surface area contributed by atoms with Crippen molar-refractivity contribution < 1.29 is 24.2 Å². The van der Waals surface area contributed by atoms with Crippen molar-refractivity contribution in [3.05, 3.63) is 0 Å². The first-order valence-electron chi connectivity index (χ1n) is 6.62.